The first-order chi connectivity index (χ1) is 15.7. The molecule has 33 heavy (non-hydrogen) atoms. The number of esters is 1. The van der Waals surface area contributed by atoms with Crippen molar-refractivity contribution in [3.8, 4) is 22.1 Å². The van der Waals surface area contributed by atoms with Gasteiger partial charge in [0.2, 0.25) is 10.0 Å². The average molecular weight is 491 g/mol. The van der Waals surface area contributed by atoms with Crippen LogP contribution < -0.4 is 9.47 Å². The molecule has 0 saturated carbocycles. The minimum absolute atomic E-state index is 0.0362. The van der Waals surface area contributed by atoms with Crippen LogP contribution in [0.5, 0.6) is 11.5 Å². The van der Waals surface area contributed by atoms with E-state index in [2.05, 4.69) is 4.98 Å². The molecule has 3 rings (SSSR count). The molecule has 1 aromatic heterocycles. The van der Waals surface area contributed by atoms with E-state index in [4.69, 9.17) is 14.2 Å². The lowest BCUT2D eigenvalue weighted by Crippen LogP contribution is -2.33. The van der Waals surface area contributed by atoms with Crippen LogP contribution in [0.3, 0.4) is 0 Å². The normalized spacial score (nSPS) is 11.6. The summed E-state index contributed by atoms with van der Waals surface area (Å²) in [5.41, 5.74) is 1.59. The summed E-state index contributed by atoms with van der Waals surface area (Å²) in [6.45, 7) is 3.52. The molecule has 0 aliphatic heterocycles. The monoisotopic (exact) mass is 490 g/mol. The number of hydrogen-bond donors (Lipinski definition) is 0. The predicted octanol–water partition coefficient (Wildman–Crippen LogP) is 4.21. The van der Waals surface area contributed by atoms with Crippen molar-refractivity contribution in [3.05, 3.63) is 59.1 Å². The summed E-state index contributed by atoms with van der Waals surface area (Å²) in [7, 11) is 0.935. The predicted molar refractivity (Wildman–Crippen MR) is 126 cm³/mol. The van der Waals surface area contributed by atoms with Crippen LogP contribution in [0.4, 0.5) is 0 Å². The molecule has 8 nitrogen and oxygen atoms in total. The fourth-order valence-corrected chi connectivity index (χ4v) is 5.14. The maximum Gasteiger partial charge on any atom is 0.338 e. The van der Waals surface area contributed by atoms with E-state index in [-0.39, 0.29) is 23.1 Å². The van der Waals surface area contributed by atoms with Gasteiger partial charge in [0.15, 0.2) is 11.5 Å². The largest absolute Gasteiger partial charge is 0.493 e. The molecule has 0 bridgehead atoms. The number of sulfonamides is 1. The summed E-state index contributed by atoms with van der Waals surface area (Å²) in [4.78, 5) is 17.1. The number of carbonyl (C=O) groups is 1. The second-order valence-corrected chi connectivity index (χ2v) is 10.3. The zero-order valence-electron chi connectivity index (χ0n) is 19.1. The molecular weight excluding hydrogens is 464 g/mol. The Morgan fingerprint density at radius 2 is 1.82 bits per heavy atom. The van der Waals surface area contributed by atoms with Gasteiger partial charge in [0.1, 0.15) is 11.6 Å². The molecule has 0 fully saturated rings. The van der Waals surface area contributed by atoms with Crippen molar-refractivity contribution in [2.24, 2.45) is 0 Å². The number of rotatable bonds is 9. The Labute approximate surface area is 197 Å². The summed E-state index contributed by atoms with van der Waals surface area (Å²) in [5, 5.41) is 2.55. The van der Waals surface area contributed by atoms with Crippen molar-refractivity contribution >= 4 is 27.3 Å². The Morgan fingerprint density at radius 3 is 2.48 bits per heavy atom. The Morgan fingerprint density at radius 1 is 1.09 bits per heavy atom. The van der Waals surface area contributed by atoms with E-state index in [9.17, 15) is 13.2 Å². The van der Waals surface area contributed by atoms with E-state index in [0.29, 0.717) is 17.2 Å². The lowest BCUT2D eigenvalue weighted by molar-refractivity contribution is 0.0468. The van der Waals surface area contributed by atoms with Crippen LogP contribution in [0.15, 0.2) is 52.7 Å². The topological polar surface area (TPSA) is 95.0 Å². The molecule has 2 aromatic carbocycles. The van der Waals surface area contributed by atoms with Gasteiger partial charge >= 0.3 is 5.97 Å². The number of benzene rings is 2. The molecule has 0 atom stereocenters. The highest BCUT2D eigenvalue weighted by Crippen LogP contribution is 2.33. The van der Waals surface area contributed by atoms with Gasteiger partial charge in [-0.1, -0.05) is 6.07 Å². The van der Waals surface area contributed by atoms with Crippen LogP contribution in [-0.4, -0.2) is 51.0 Å². The van der Waals surface area contributed by atoms with Gasteiger partial charge in [-0.25, -0.2) is 18.2 Å². The van der Waals surface area contributed by atoms with Crippen molar-refractivity contribution in [2.75, 3.05) is 21.3 Å². The molecule has 0 N–H and O–H groups in total. The molecule has 0 unspecified atom stereocenters. The first-order valence-corrected chi connectivity index (χ1v) is 12.4. The molecule has 0 saturated heterocycles. The minimum atomic E-state index is -3.70. The maximum absolute atomic E-state index is 12.7. The van der Waals surface area contributed by atoms with Crippen molar-refractivity contribution < 1.29 is 27.4 Å². The fourth-order valence-electron chi connectivity index (χ4n) is 2.93. The number of nitrogens with zero attached hydrogens (tertiary/aromatic N) is 2. The average Bonchev–Trinajstić information content (AvgIpc) is 3.30. The number of thiazole rings is 1. The van der Waals surface area contributed by atoms with Gasteiger partial charge in [0.25, 0.3) is 0 Å². The minimum Gasteiger partial charge on any atom is -0.493 e. The van der Waals surface area contributed by atoms with E-state index in [0.717, 1.165) is 10.6 Å². The Hall–Kier alpha value is -2.95. The fraction of sp³-hybridized carbons (Fsp3) is 0.304. The molecule has 0 spiro atoms. The number of hydrogen-bond acceptors (Lipinski definition) is 8. The summed E-state index contributed by atoms with van der Waals surface area (Å²) in [5.74, 6) is 0.590. The van der Waals surface area contributed by atoms with E-state index in [1.54, 1.807) is 39.5 Å². The molecule has 0 aliphatic rings. The third kappa shape index (κ3) is 5.52. The Bertz CT molecular complexity index is 1240. The molecule has 3 aromatic rings. The van der Waals surface area contributed by atoms with E-state index < -0.39 is 16.0 Å². The highest BCUT2D eigenvalue weighted by atomic mass is 32.2. The van der Waals surface area contributed by atoms with E-state index in [1.807, 2.05) is 12.1 Å². The zero-order chi connectivity index (χ0) is 24.2. The van der Waals surface area contributed by atoms with Gasteiger partial charge in [0, 0.05) is 24.0 Å². The first-order valence-electron chi connectivity index (χ1n) is 10.1. The first kappa shape index (κ1) is 24.7. The molecule has 10 heteroatoms. The summed E-state index contributed by atoms with van der Waals surface area (Å²) in [6.07, 6.45) is 0. The highest BCUT2D eigenvalue weighted by Gasteiger charge is 2.24. The van der Waals surface area contributed by atoms with Crippen LogP contribution in [0.1, 0.15) is 29.9 Å². The van der Waals surface area contributed by atoms with Gasteiger partial charge in [-0.2, -0.15) is 4.31 Å². The molecule has 0 amide bonds. The van der Waals surface area contributed by atoms with Crippen LogP contribution in [0.25, 0.3) is 10.6 Å². The number of carbonyl (C=O) groups excluding carboxylic acids is 1. The van der Waals surface area contributed by atoms with Crippen molar-refractivity contribution in [2.45, 2.75) is 31.4 Å². The van der Waals surface area contributed by atoms with Crippen molar-refractivity contribution in [1.82, 2.24) is 9.29 Å². The summed E-state index contributed by atoms with van der Waals surface area (Å²) < 4.78 is 42.6. The molecule has 0 radical (unpaired) electrons. The van der Waals surface area contributed by atoms with Crippen LogP contribution in [-0.2, 0) is 21.4 Å². The van der Waals surface area contributed by atoms with Gasteiger partial charge in [-0.15, -0.1) is 11.3 Å². The van der Waals surface area contributed by atoms with Crippen molar-refractivity contribution in [3.63, 3.8) is 0 Å². The smallest absolute Gasteiger partial charge is 0.338 e. The summed E-state index contributed by atoms with van der Waals surface area (Å²) >= 11 is 1.41. The van der Waals surface area contributed by atoms with Gasteiger partial charge in [-0.05, 0) is 50.2 Å². The number of methoxy groups -OCH3 is 2. The van der Waals surface area contributed by atoms with E-state index >= 15 is 0 Å². The Kier molecular flexibility index (Phi) is 7.72. The standard InChI is InChI=1S/C23H26N2O6S2/c1-15(2)25(3)33(27,28)19-8-6-7-17(11-19)23(26)31-13-18-14-32-22(24-18)16-9-10-20(29-4)21(12-16)30-5/h6-12,14-15H,13H2,1-5H3. The lowest BCUT2D eigenvalue weighted by atomic mass is 10.2. The summed E-state index contributed by atoms with van der Waals surface area (Å²) in [6, 6.07) is 11.1. The highest BCUT2D eigenvalue weighted by molar-refractivity contribution is 7.89. The van der Waals surface area contributed by atoms with Gasteiger partial charge in [-0.3, -0.25) is 0 Å². The van der Waals surface area contributed by atoms with Crippen LogP contribution in [0, 0.1) is 0 Å². The van der Waals surface area contributed by atoms with Crippen LogP contribution in [0.2, 0.25) is 0 Å². The van der Waals surface area contributed by atoms with Gasteiger partial charge < -0.3 is 14.2 Å². The lowest BCUT2D eigenvalue weighted by Gasteiger charge is -2.21. The molecule has 1 heterocycles. The van der Waals surface area contributed by atoms with Gasteiger partial charge in [0.05, 0.1) is 30.4 Å². The van der Waals surface area contributed by atoms with E-state index in [1.165, 1.54) is 47.0 Å². The van der Waals surface area contributed by atoms with Crippen LogP contribution >= 0.6 is 11.3 Å². The Balaban J connectivity index is 1.71. The molecule has 0 aliphatic carbocycles. The number of aromatic nitrogens is 1. The van der Waals surface area contributed by atoms with Crippen molar-refractivity contribution in [1.29, 1.82) is 0 Å². The molecule has 176 valence electrons. The quantitative estimate of drug-likeness (QED) is 0.415. The molecular formula is C23H26N2O6S2. The third-order valence-corrected chi connectivity index (χ3v) is 7.98. The second-order valence-electron chi connectivity index (χ2n) is 7.43. The third-order valence-electron chi connectivity index (χ3n) is 5.01. The maximum atomic E-state index is 12.7. The zero-order valence-corrected chi connectivity index (χ0v) is 20.7. The second kappa shape index (κ2) is 10.3. The number of ether oxygens (including phenoxy) is 3. The SMILES string of the molecule is COc1ccc(-c2nc(COC(=O)c3cccc(S(=O)(=O)N(C)C(C)C)c3)cs2)cc1OC.